The number of thioether (sulfide) groups is 1. The van der Waals surface area contributed by atoms with E-state index >= 15 is 0 Å². The maximum atomic E-state index is 12.6. The van der Waals surface area contributed by atoms with Gasteiger partial charge < -0.3 is 20.1 Å². The molecule has 0 saturated carbocycles. The van der Waals surface area contributed by atoms with Gasteiger partial charge in [-0.05, 0) is 108 Å². The number of amidine groups is 1. The molecule has 4 rings (SSSR count). The van der Waals surface area contributed by atoms with Gasteiger partial charge in [0.25, 0.3) is 11.8 Å². The van der Waals surface area contributed by atoms with Crippen LogP contribution in [0.4, 0.5) is 11.4 Å². The van der Waals surface area contributed by atoms with Gasteiger partial charge in [0.2, 0.25) is 0 Å². The summed E-state index contributed by atoms with van der Waals surface area (Å²) in [4.78, 5) is 30.0. The van der Waals surface area contributed by atoms with Gasteiger partial charge in [-0.2, -0.15) is 0 Å². The highest BCUT2D eigenvalue weighted by Gasteiger charge is 2.24. The van der Waals surface area contributed by atoms with Crippen molar-refractivity contribution in [1.29, 1.82) is 0 Å². The third kappa shape index (κ3) is 7.50. The van der Waals surface area contributed by atoms with Crippen LogP contribution < -0.4 is 20.1 Å². The van der Waals surface area contributed by atoms with Crippen LogP contribution in [0, 0.1) is 10.5 Å². The summed E-state index contributed by atoms with van der Waals surface area (Å²) in [6.45, 7) is 4.08. The van der Waals surface area contributed by atoms with E-state index in [-0.39, 0.29) is 18.4 Å². The maximum absolute atomic E-state index is 12.6. The molecule has 0 unspecified atom stereocenters. The Labute approximate surface area is 237 Å². The molecule has 0 atom stereocenters. The lowest BCUT2D eigenvalue weighted by atomic mass is 10.2. The van der Waals surface area contributed by atoms with Gasteiger partial charge in [0.1, 0.15) is 0 Å². The van der Waals surface area contributed by atoms with E-state index in [0.29, 0.717) is 38.9 Å². The van der Waals surface area contributed by atoms with Gasteiger partial charge in [-0.25, -0.2) is 4.99 Å². The molecule has 0 radical (unpaired) electrons. The highest BCUT2D eigenvalue weighted by molar-refractivity contribution is 14.1. The molecule has 0 aromatic heterocycles. The molecule has 3 aromatic carbocycles. The molecule has 7 nitrogen and oxygen atoms in total. The Bertz CT molecular complexity index is 1380. The molecular weight excluding hydrogens is 625 g/mol. The normalized spacial score (nSPS) is 15.1. The van der Waals surface area contributed by atoms with E-state index in [4.69, 9.17) is 21.1 Å². The lowest BCUT2D eigenvalue weighted by molar-refractivity contribution is -0.118. The van der Waals surface area contributed by atoms with Gasteiger partial charge in [0.15, 0.2) is 23.3 Å². The SMILES string of the molecule is CCOc1cc(/C=C2\SC(=Nc3ccc(C)cc3)NC2=O)cc(I)c1OCC(=O)Nc1ccc(Cl)cc1. The minimum atomic E-state index is -0.314. The number of aliphatic imine (C=N–C) groups is 1. The smallest absolute Gasteiger partial charge is 0.264 e. The van der Waals surface area contributed by atoms with Crippen molar-refractivity contribution in [3.8, 4) is 11.5 Å². The Morgan fingerprint density at radius 3 is 2.57 bits per heavy atom. The summed E-state index contributed by atoms with van der Waals surface area (Å²) in [7, 11) is 0. The molecule has 190 valence electrons. The average Bonchev–Trinajstić information content (AvgIpc) is 3.20. The van der Waals surface area contributed by atoms with E-state index in [2.05, 4.69) is 38.2 Å². The number of carbonyl (C=O) groups excluding carboxylic acids is 2. The standard InChI is InChI=1S/C27H23ClIN3O4S/c1-3-35-22-13-17(14-23-26(34)32-27(37-23)31-20-8-4-16(2)5-9-20)12-21(29)25(22)36-15-24(33)30-19-10-6-18(28)7-11-19/h4-14H,3,15H2,1-2H3,(H,30,33)(H,31,32,34)/b23-14-. The van der Waals surface area contributed by atoms with Gasteiger partial charge in [-0.1, -0.05) is 29.3 Å². The second-order valence-corrected chi connectivity index (χ2v) is 10.6. The fourth-order valence-corrected chi connectivity index (χ4v) is 5.06. The number of rotatable bonds is 8. The van der Waals surface area contributed by atoms with E-state index in [1.54, 1.807) is 36.4 Å². The predicted octanol–water partition coefficient (Wildman–Crippen LogP) is 6.56. The first kappa shape index (κ1) is 27.0. The zero-order chi connectivity index (χ0) is 26.4. The van der Waals surface area contributed by atoms with Crippen LogP contribution in [0.5, 0.6) is 11.5 Å². The number of nitrogens with one attached hydrogen (secondary N) is 2. The minimum absolute atomic E-state index is 0.198. The summed E-state index contributed by atoms with van der Waals surface area (Å²) in [5.41, 5.74) is 3.30. The fourth-order valence-electron chi connectivity index (χ4n) is 3.31. The molecule has 1 aliphatic rings. The number of aryl methyl sites for hydroxylation is 1. The molecule has 37 heavy (non-hydrogen) atoms. The number of nitrogens with zero attached hydrogens (tertiary/aromatic N) is 1. The monoisotopic (exact) mass is 647 g/mol. The van der Waals surface area contributed by atoms with Crippen LogP contribution in [0.3, 0.4) is 0 Å². The molecule has 1 heterocycles. The zero-order valence-corrected chi connectivity index (χ0v) is 23.7. The third-order valence-corrected chi connectivity index (χ3v) is 6.98. The van der Waals surface area contributed by atoms with E-state index < -0.39 is 0 Å². The van der Waals surface area contributed by atoms with Gasteiger partial charge in [-0.15, -0.1) is 0 Å². The van der Waals surface area contributed by atoms with Crippen LogP contribution >= 0.6 is 46.0 Å². The highest BCUT2D eigenvalue weighted by atomic mass is 127. The Hall–Kier alpha value is -3.02. The first-order valence-electron chi connectivity index (χ1n) is 11.3. The molecule has 0 aliphatic carbocycles. The Morgan fingerprint density at radius 1 is 1.14 bits per heavy atom. The summed E-state index contributed by atoms with van der Waals surface area (Å²) < 4.78 is 12.4. The fraction of sp³-hybridized carbons (Fsp3) is 0.148. The Balaban J connectivity index is 1.48. The molecule has 3 aromatic rings. The Kier molecular flexibility index (Phi) is 9.12. The van der Waals surface area contributed by atoms with E-state index in [1.807, 2.05) is 44.2 Å². The van der Waals surface area contributed by atoms with Crippen molar-refractivity contribution < 1.29 is 19.1 Å². The molecule has 0 bridgehead atoms. The van der Waals surface area contributed by atoms with E-state index in [1.165, 1.54) is 11.8 Å². The number of ether oxygens (including phenoxy) is 2. The average molecular weight is 648 g/mol. The summed E-state index contributed by atoms with van der Waals surface area (Å²) in [5.74, 6) is 0.410. The number of hydrogen-bond acceptors (Lipinski definition) is 6. The van der Waals surface area contributed by atoms with Gasteiger partial charge in [0.05, 0.1) is 20.8 Å². The molecule has 1 fully saturated rings. The molecule has 2 amide bonds. The van der Waals surface area contributed by atoms with Crippen LogP contribution in [-0.2, 0) is 9.59 Å². The first-order valence-corrected chi connectivity index (χ1v) is 13.6. The topological polar surface area (TPSA) is 89.0 Å². The van der Waals surface area contributed by atoms with Crippen LogP contribution in [0.1, 0.15) is 18.1 Å². The van der Waals surface area contributed by atoms with Crippen molar-refractivity contribution in [2.45, 2.75) is 13.8 Å². The van der Waals surface area contributed by atoms with Crippen LogP contribution in [0.25, 0.3) is 6.08 Å². The first-order chi connectivity index (χ1) is 17.8. The van der Waals surface area contributed by atoms with E-state index in [0.717, 1.165) is 20.4 Å². The van der Waals surface area contributed by atoms with Gasteiger partial charge >= 0.3 is 0 Å². The zero-order valence-electron chi connectivity index (χ0n) is 20.0. The highest BCUT2D eigenvalue weighted by Crippen LogP contribution is 2.36. The summed E-state index contributed by atoms with van der Waals surface area (Å²) >= 11 is 9.29. The number of amides is 2. The van der Waals surface area contributed by atoms with Gasteiger partial charge in [-0.3, -0.25) is 9.59 Å². The molecular formula is C27H23ClIN3O4S. The number of hydrogen-bond donors (Lipinski definition) is 2. The largest absolute Gasteiger partial charge is 0.490 e. The van der Waals surface area contributed by atoms with Crippen molar-refractivity contribution in [3.05, 3.63) is 85.3 Å². The van der Waals surface area contributed by atoms with Crippen LogP contribution in [-0.4, -0.2) is 30.2 Å². The summed E-state index contributed by atoms with van der Waals surface area (Å²) in [6.07, 6.45) is 1.78. The second kappa shape index (κ2) is 12.5. The summed E-state index contributed by atoms with van der Waals surface area (Å²) in [5, 5.41) is 6.68. The number of anilines is 1. The van der Waals surface area contributed by atoms with Crippen molar-refractivity contribution in [1.82, 2.24) is 5.32 Å². The molecule has 2 N–H and O–H groups in total. The number of benzene rings is 3. The lowest BCUT2D eigenvalue weighted by Gasteiger charge is -2.15. The molecule has 1 saturated heterocycles. The quantitative estimate of drug-likeness (QED) is 0.214. The van der Waals surface area contributed by atoms with Crippen molar-refractivity contribution in [2.75, 3.05) is 18.5 Å². The molecule has 0 spiro atoms. The van der Waals surface area contributed by atoms with Crippen LogP contribution in [0.15, 0.2) is 70.6 Å². The van der Waals surface area contributed by atoms with Crippen LogP contribution in [0.2, 0.25) is 5.02 Å². The third-order valence-electron chi connectivity index (χ3n) is 5.02. The van der Waals surface area contributed by atoms with Gasteiger partial charge in [0, 0.05) is 10.7 Å². The van der Waals surface area contributed by atoms with Crippen molar-refractivity contribution in [2.24, 2.45) is 4.99 Å². The predicted molar refractivity (Wildman–Crippen MR) is 158 cm³/mol. The maximum Gasteiger partial charge on any atom is 0.264 e. The van der Waals surface area contributed by atoms with Crippen molar-refractivity contribution in [3.63, 3.8) is 0 Å². The lowest BCUT2D eigenvalue weighted by Crippen LogP contribution is -2.20. The second-order valence-electron chi connectivity index (χ2n) is 7.92. The Morgan fingerprint density at radius 2 is 1.86 bits per heavy atom. The molecule has 10 heteroatoms. The van der Waals surface area contributed by atoms with Crippen molar-refractivity contribution >= 4 is 80.4 Å². The summed E-state index contributed by atoms with van der Waals surface area (Å²) in [6, 6.07) is 18.2. The van der Waals surface area contributed by atoms with E-state index in [9.17, 15) is 9.59 Å². The number of halogens is 2. The molecule has 1 aliphatic heterocycles. The number of carbonyl (C=O) groups is 2. The minimum Gasteiger partial charge on any atom is -0.490 e.